The zero-order valence-corrected chi connectivity index (χ0v) is 11.9. The molecule has 0 aliphatic heterocycles. The minimum absolute atomic E-state index is 0.00520. The molecule has 2 rings (SSSR count). The molecule has 0 bridgehead atoms. The van der Waals surface area contributed by atoms with Gasteiger partial charge in [0.2, 0.25) is 0 Å². The van der Waals surface area contributed by atoms with Crippen LogP contribution in [0.1, 0.15) is 5.56 Å². The number of pyridine rings is 1. The van der Waals surface area contributed by atoms with Crippen LogP contribution >= 0.6 is 27.5 Å². The van der Waals surface area contributed by atoms with Gasteiger partial charge in [0.25, 0.3) is 5.69 Å². The number of benzene rings is 1. The van der Waals surface area contributed by atoms with Crippen molar-refractivity contribution in [1.29, 1.82) is 0 Å². The van der Waals surface area contributed by atoms with Crippen LogP contribution < -0.4 is 4.74 Å². The van der Waals surface area contributed by atoms with E-state index in [0.717, 1.165) is 0 Å². The number of nitrogens with zero attached hydrogens (tertiary/aromatic N) is 2. The lowest BCUT2D eigenvalue weighted by Crippen LogP contribution is -2.01. The van der Waals surface area contributed by atoms with E-state index < -0.39 is 4.92 Å². The lowest BCUT2D eigenvalue weighted by molar-refractivity contribution is -0.385. The summed E-state index contributed by atoms with van der Waals surface area (Å²) in [6.07, 6.45) is 1.54. The Morgan fingerprint density at radius 2 is 2.21 bits per heavy atom. The van der Waals surface area contributed by atoms with Crippen molar-refractivity contribution in [3.63, 3.8) is 0 Å². The molecule has 0 N–H and O–H groups in total. The molecule has 0 amide bonds. The first-order chi connectivity index (χ1) is 9.08. The highest BCUT2D eigenvalue weighted by molar-refractivity contribution is 9.10. The van der Waals surface area contributed by atoms with E-state index in [1.165, 1.54) is 12.3 Å². The molecule has 98 valence electrons. The number of ether oxygens (including phenoxy) is 1. The third-order valence-corrected chi connectivity index (χ3v) is 3.13. The van der Waals surface area contributed by atoms with Crippen molar-refractivity contribution >= 4 is 33.2 Å². The van der Waals surface area contributed by atoms with E-state index in [1.807, 2.05) is 0 Å². The van der Waals surface area contributed by atoms with E-state index in [2.05, 4.69) is 20.9 Å². The summed E-state index contributed by atoms with van der Waals surface area (Å²) in [5, 5.41) is 11.2. The Morgan fingerprint density at radius 1 is 1.42 bits per heavy atom. The maximum Gasteiger partial charge on any atom is 0.277 e. The Kier molecular flexibility index (Phi) is 4.34. The molecule has 2 aromatic rings. The second-order valence-corrected chi connectivity index (χ2v) is 4.88. The van der Waals surface area contributed by atoms with Crippen LogP contribution in [0, 0.1) is 10.1 Å². The average molecular weight is 344 g/mol. The summed E-state index contributed by atoms with van der Waals surface area (Å²) < 4.78 is 6.08. The molecule has 0 saturated carbocycles. The molecular weight excluding hydrogens is 336 g/mol. The average Bonchev–Trinajstić information content (AvgIpc) is 2.38. The van der Waals surface area contributed by atoms with Crippen LogP contribution in [0.2, 0.25) is 5.15 Å². The highest BCUT2D eigenvalue weighted by Gasteiger charge is 2.15. The van der Waals surface area contributed by atoms with Crippen LogP contribution in [0.25, 0.3) is 0 Å². The van der Waals surface area contributed by atoms with Crippen LogP contribution in [-0.4, -0.2) is 9.91 Å². The third-order valence-electron chi connectivity index (χ3n) is 2.35. The van der Waals surface area contributed by atoms with Crippen molar-refractivity contribution in [3.8, 4) is 5.75 Å². The van der Waals surface area contributed by atoms with Gasteiger partial charge in [-0.1, -0.05) is 27.5 Å². The standard InChI is InChI=1S/C12H8BrClN2O3/c13-9-4-3-8(10(6-9)16(17)18)7-19-11-2-1-5-15-12(11)14/h1-6H,7H2. The number of aromatic nitrogens is 1. The summed E-state index contributed by atoms with van der Waals surface area (Å²) in [4.78, 5) is 14.4. The quantitative estimate of drug-likeness (QED) is 0.478. The maximum atomic E-state index is 10.9. The van der Waals surface area contributed by atoms with Crippen molar-refractivity contribution < 1.29 is 9.66 Å². The molecule has 1 aromatic carbocycles. The Balaban J connectivity index is 2.20. The van der Waals surface area contributed by atoms with Gasteiger partial charge in [-0.05, 0) is 24.3 Å². The van der Waals surface area contributed by atoms with Crippen molar-refractivity contribution in [2.75, 3.05) is 0 Å². The first kappa shape index (κ1) is 13.8. The largest absolute Gasteiger partial charge is 0.485 e. The Bertz CT molecular complexity index is 622. The van der Waals surface area contributed by atoms with Gasteiger partial charge in [-0.3, -0.25) is 10.1 Å². The Labute approximate surface area is 122 Å². The number of rotatable bonds is 4. The van der Waals surface area contributed by atoms with Gasteiger partial charge in [-0.15, -0.1) is 0 Å². The molecule has 0 radical (unpaired) electrons. The van der Waals surface area contributed by atoms with Crippen LogP contribution in [0.3, 0.4) is 0 Å². The summed E-state index contributed by atoms with van der Waals surface area (Å²) in [5.41, 5.74) is 0.461. The zero-order chi connectivity index (χ0) is 13.8. The zero-order valence-electron chi connectivity index (χ0n) is 9.55. The molecule has 5 nitrogen and oxygen atoms in total. The molecule has 19 heavy (non-hydrogen) atoms. The minimum Gasteiger partial charge on any atom is -0.485 e. The number of nitro benzene ring substituents is 1. The Morgan fingerprint density at radius 3 is 2.89 bits per heavy atom. The van der Waals surface area contributed by atoms with Crippen LogP contribution in [-0.2, 0) is 6.61 Å². The first-order valence-corrected chi connectivity index (χ1v) is 6.41. The van der Waals surface area contributed by atoms with Crippen molar-refractivity contribution in [3.05, 3.63) is 61.8 Å². The van der Waals surface area contributed by atoms with Gasteiger partial charge < -0.3 is 4.74 Å². The molecule has 0 unspecified atom stereocenters. The lowest BCUT2D eigenvalue weighted by Gasteiger charge is -2.07. The predicted octanol–water partition coefficient (Wildman–Crippen LogP) is 3.98. The second-order valence-electron chi connectivity index (χ2n) is 3.61. The third kappa shape index (κ3) is 3.42. The van der Waals surface area contributed by atoms with Crippen molar-refractivity contribution in [1.82, 2.24) is 4.98 Å². The smallest absolute Gasteiger partial charge is 0.277 e. The molecule has 0 saturated heterocycles. The summed E-state index contributed by atoms with van der Waals surface area (Å²) in [6, 6.07) is 8.11. The maximum absolute atomic E-state index is 10.9. The highest BCUT2D eigenvalue weighted by atomic mass is 79.9. The minimum atomic E-state index is -0.450. The number of hydrogen-bond acceptors (Lipinski definition) is 4. The van der Waals surface area contributed by atoms with E-state index >= 15 is 0 Å². The SMILES string of the molecule is O=[N+]([O-])c1cc(Br)ccc1COc1cccnc1Cl. The molecule has 7 heteroatoms. The number of hydrogen-bond donors (Lipinski definition) is 0. The van der Waals surface area contributed by atoms with Gasteiger partial charge in [-0.25, -0.2) is 4.98 Å². The van der Waals surface area contributed by atoms with E-state index in [0.29, 0.717) is 15.8 Å². The monoisotopic (exact) mass is 342 g/mol. The number of nitro groups is 1. The van der Waals surface area contributed by atoms with Crippen LogP contribution in [0.4, 0.5) is 5.69 Å². The second kappa shape index (κ2) is 5.99. The van der Waals surface area contributed by atoms with E-state index in [1.54, 1.807) is 24.3 Å². The number of halogens is 2. The first-order valence-electron chi connectivity index (χ1n) is 5.24. The fraction of sp³-hybridized carbons (Fsp3) is 0.0833. The lowest BCUT2D eigenvalue weighted by atomic mass is 10.2. The van der Waals surface area contributed by atoms with Crippen LogP contribution in [0.15, 0.2) is 41.0 Å². The topological polar surface area (TPSA) is 65.3 Å². The van der Waals surface area contributed by atoms with E-state index in [9.17, 15) is 10.1 Å². The summed E-state index contributed by atoms with van der Waals surface area (Å²) in [5.74, 6) is 0.390. The predicted molar refractivity (Wildman–Crippen MR) is 74.4 cm³/mol. The van der Waals surface area contributed by atoms with Gasteiger partial charge >= 0.3 is 0 Å². The molecular formula is C12H8BrClN2O3. The van der Waals surface area contributed by atoms with Gasteiger partial charge in [0.1, 0.15) is 6.61 Å². The summed E-state index contributed by atoms with van der Waals surface area (Å²) in [7, 11) is 0. The summed E-state index contributed by atoms with van der Waals surface area (Å²) >= 11 is 9.04. The molecule has 1 heterocycles. The van der Waals surface area contributed by atoms with Gasteiger partial charge in [0, 0.05) is 16.7 Å². The molecule has 0 aliphatic carbocycles. The fourth-order valence-electron chi connectivity index (χ4n) is 1.46. The molecule has 0 fully saturated rings. The van der Waals surface area contributed by atoms with Gasteiger partial charge in [-0.2, -0.15) is 0 Å². The summed E-state index contributed by atoms with van der Waals surface area (Å²) in [6.45, 7) is 0.0506. The van der Waals surface area contributed by atoms with Crippen molar-refractivity contribution in [2.45, 2.75) is 6.61 Å². The van der Waals surface area contributed by atoms with Gasteiger partial charge in [0.05, 0.1) is 10.5 Å². The fourth-order valence-corrected chi connectivity index (χ4v) is 1.99. The molecule has 1 aromatic heterocycles. The van der Waals surface area contributed by atoms with Gasteiger partial charge in [0.15, 0.2) is 10.9 Å². The van der Waals surface area contributed by atoms with Crippen LogP contribution in [0.5, 0.6) is 5.75 Å². The van der Waals surface area contributed by atoms with Crippen molar-refractivity contribution in [2.24, 2.45) is 0 Å². The molecule has 0 spiro atoms. The highest BCUT2D eigenvalue weighted by Crippen LogP contribution is 2.26. The molecule has 0 aliphatic rings. The molecule has 0 atom stereocenters. The Hall–Kier alpha value is -1.66. The van der Waals surface area contributed by atoms with E-state index in [4.69, 9.17) is 16.3 Å². The van der Waals surface area contributed by atoms with E-state index in [-0.39, 0.29) is 17.4 Å². The normalized spacial score (nSPS) is 10.2.